The molecule has 24 heavy (non-hydrogen) atoms. The summed E-state index contributed by atoms with van der Waals surface area (Å²) in [5.74, 6) is 3.98. The Labute approximate surface area is 143 Å². The average Bonchev–Trinajstić information content (AvgIpc) is 3.40. The van der Waals surface area contributed by atoms with Gasteiger partial charge in [-0.3, -0.25) is 4.79 Å². The van der Waals surface area contributed by atoms with Gasteiger partial charge in [0.25, 0.3) is 0 Å². The summed E-state index contributed by atoms with van der Waals surface area (Å²) in [5, 5.41) is 4.65. The van der Waals surface area contributed by atoms with E-state index in [4.69, 9.17) is 0 Å². The summed E-state index contributed by atoms with van der Waals surface area (Å²) < 4.78 is 0. The van der Waals surface area contributed by atoms with Crippen molar-refractivity contribution in [3.63, 3.8) is 0 Å². The van der Waals surface area contributed by atoms with Gasteiger partial charge in [-0.2, -0.15) is 5.10 Å². The van der Waals surface area contributed by atoms with Crippen LogP contribution in [-0.2, 0) is 4.79 Å². The van der Waals surface area contributed by atoms with Crippen LogP contribution in [0.1, 0.15) is 56.4 Å². The second-order valence-electron chi connectivity index (χ2n) is 8.62. The number of amides is 1. The van der Waals surface area contributed by atoms with Crippen molar-refractivity contribution in [1.29, 1.82) is 0 Å². The molecule has 126 valence electrons. The molecule has 5 aliphatic carbocycles. The molecule has 0 unspecified atom stereocenters. The van der Waals surface area contributed by atoms with Gasteiger partial charge in [-0.15, -0.1) is 0 Å². The van der Waals surface area contributed by atoms with Gasteiger partial charge in [-0.25, -0.2) is 5.43 Å². The van der Waals surface area contributed by atoms with Crippen molar-refractivity contribution >= 4 is 11.6 Å². The van der Waals surface area contributed by atoms with Crippen molar-refractivity contribution < 1.29 is 4.79 Å². The summed E-state index contributed by atoms with van der Waals surface area (Å²) in [4.78, 5) is 12.5. The van der Waals surface area contributed by atoms with Crippen LogP contribution >= 0.6 is 0 Å². The minimum Gasteiger partial charge on any atom is -0.273 e. The van der Waals surface area contributed by atoms with Gasteiger partial charge in [0.2, 0.25) is 5.91 Å². The fourth-order valence-electron chi connectivity index (χ4n) is 5.79. The third-order valence-electron chi connectivity index (χ3n) is 6.87. The Hall–Kier alpha value is -1.64. The number of benzene rings is 1. The predicted octanol–water partition coefficient (Wildman–Crippen LogP) is 4.11. The van der Waals surface area contributed by atoms with Crippen LogP contribution < -0.4 is 5.43 Å². The number of nitrogens with one attached hydrogen (secondary N) is 1. The van der Waals surface area contributed by atoms with Crippen LogP contribution in [0.3, 0.4) is 0 Å². The highest BCUT2D eigenvalue weighted by Gasteiger charge is 2.45. The molecule has 1 amide bonds. The zero-order chi connectivity index (χ0) is 16.1. The Morgan fingerprint density at radius 3 is 2.38 bits per heavy atom. The van der Waals surface area contributed by atoms with E-state index in [0.717, 1.165) is 30.6 Å². The van der Waals surface area contributed by atoms with Gasteiger partial charge in [-0.05, 0) is 80.1 Å². The molecule has 0 radical (unpaired) electrons. The van der Waals surface area contributed by atoms with E-state index in [9.17, 15) is 4.79 Å². The lowest BCUT2D eigenvalue weighted by Crippen LogP contribution is -2.29. The van der Waals surface area contributed by atoms with E-state index in [-0.39, 0.29) is 11.8 Å². The molecule has 5 saturated carbocycles. The van der Waals surface area contributed by atoms with Gasteiger partial charge in [0.15, 0.2) is 0 Å². The molecule has 0 heterocycles. The summed E-state index contributed by atoms with van der Waals surface area (Å²) in [6.07, 6.45) is 8.99. The first-order chi connectivity index (χ1) is 11.8. The molecule has 5 aliphatic rings. The molecule has 1 N–H and O–H groups in total. The summed E-state index contributed by atoms with van der Waals surface area (Å²) >= 11 is 0. The zero-order valence-electron chi connectivity index (χ0n) is 14.2. The monoisotopic (exact) mass is 322 g/mol. The SMILES string of the molecule is O=C(N/N=C1/CC2C[C@H]3CC1C[C@H](C2)C3)[C@H]1C[C@H]1c1ccccc1. The number of carbonyl (C=O) groups is 1. The van der Waals surface area contributed by atoms with Crippen LogP contribution in [-0.4, -0.2) is 11.6 Å². The first kappa shape index (κ1) is 14.7. The Bertz CT molecular complexity index is 654. The fraction of sp³-hybridized carbons (Fsp3) is 0.619. The van der Waals surface area contributed by atoms with Crippen molar-refractivity contribution in [2.24, 2.45) is 34.7 Å². The highest BCUT2D eigenvalue weighted by atomic mass is 16.2. The first-order valence-corrected chi connectivity index (χ1v) is 9.67. The molecular formula is C21H26N2O. The molecule has 0 spiro atoms. The molecule has 4 atom stereocenters. The molecule has 3 heteroatoms. The van der Waals surface area contributed by atoms with Crippen molar-refractivity contribution in [2.75, 3.05) is 0 Å². The second kappa shape index (κ2) is 5.72. The molecule has 1 aromatic rings. The van der Waals surface area contributed by atoms with Crippen molar-refractivity contribution in [1.82, 2.24) is 5.43 Å². The Morgan fingerprint density at radius 2 is 1.62 bits per heavy atom. The predicted molar refractivity (Wildman–Crippen MR) is 94.5 cm³/mol. The number of rotatable bonds is 3. The molecule has 1 aromatic carbocycles. The van der Waals surface area contributed by atoms with Gasteiger partial charge in [0.05, 0.1) is 0 Å². The van der Waals surface area contributed by atoms with Crippen LogP contribution in [0.2, 0.25) is 0 Å². The van der Waals surface area contributed by atoms with Gasteiger partial charge < -0.3 is 0 Å². The lowest BCUT2D eigenvalue weighted by Gasteiger charge is -2.37. The number of fused-ring (bicyclic) bond motifs is 1. The smallest absolute Gasteiger partial charge is 0.243 e. The van der Waals surface area contributed by atoms with Crippen molar-refractivity contribution in [3.8, 4) is 0 Å². The number of nitrogens with zero attached hydrogens (tertiary/aromatic N) is 1. The van der Waals surface area contributed by atoms with Crippen LogP contribution in [0.5, 0.6) is 0 Å². The maximum atomic E-state index is 12.5. The highest BCUT2D eigenvalue weighted by molar-refractivity contribution is 5.90. The standard InChI is InChI=1S/C21H26N2O/c24-21(19-12-18(19)16-4-2-1-3-5-16)23-22-20-11-15-7-13-6-14(8-15)10-17(20)9-13/h1-5,13-15,17-19H,6-12H2,(H,23,24)/b22-20-/t13-,14-,15?,17?,18-,19-/m0/s1. The Morgan fingerprint density at radius 1 is 0.917 bits per heavy atom. The fourth-order valence-corrected chi connectivity index (χ4v) is 5.79. The molecule has 4 bridgehead atoms. The minimum absolute atomic E-state index is 0.121. The lowest BCUT2D eigenvalue weighted by molar-refractivity contribution is -0.122. The molecular weight excluding hydrogens is 296 g/mol. The van der Waals surface area contributed by atoms with Crippen molar-refractivity contribution in [3.05, 3.63) is 35.9 Å². The minimum atomic E-state index is 0.121. The maximum absolute atomic E-state index is 12.5. The highest BCUT2D eigenvalue weighted by Crippen LogP contribution is 2.50. The summed E-state index contributed by atoms with van der Waals surface area (Å²) in [6, 6.07) is 10.4. The number of hydrogen-bond acceptors (Lipinski definition) is 2. The number of hydrazone groups is 1. The van der Waals surface area contributed by atoms with E-state index in [1.807, 2.05) is 6.07 Å². The van der Waals surface area contributed by atoms with Gasteiger partial charge in [0.1, 0.15) is 0 Å². The number of hydrogen-bond donors (Lipinski definition) is 1. The molecule has 6 rings (SSSR count). The zero-order valence-corrected chi connectivity index (χ0v) is 14.2. The normalized spacial score (nSPS) is 41.2. The molecule has 3 nitrogen and oxygen atoms in total. The molecule has 0 saturated heterocycles. The van der Waals surface area contributed by atoms with E-state index in [1.54, 1.807) is 0 Å². The average molecular weight is 322 g/mol. The van der Waals surface area contributed by atoms with E-state index in [1.165, 1.54) is 43.4 Å². The summed E-state index contributed by atoms with van der Waals surface area (Å²) in [7, 11) is 0. The van der Waals surface area contributed by atoms with Crippen molar-refractivity contribution in [2.45, 2.75) is 50.9 Å². The maximum Gasteiger partial charge on any atom is 0.243 e. The van der Waals surface area contributed by atoms with Crippen LogP contribution in [0.4, 0.5) is 0 Å². The molecule has 0 aliphatic heterocycles. The van der Waals surface area contributed by atoms with E-state index < -0.39 is 0 Å². The van der Waals surface area contributed by atoms with Gasteiger partial charge in [0, 0.05) is 11.6 Å². The largest absolute Gasteiger partial charge is 0.273 e. The molecule has 5 fully saturated rings. The van der Waals surface area contributed by atoms with Crippen LogP contribution in [0, 0.1) is 29.6 Å². The Kier molecular flexibility index (Phi) is 3.50. The van der Waals surface area contributed by atoms with Crippen LogP contribution in [0.25, 0.3) is 0 Å². The van der Waals surface area contributed by atoms with Gasteiger partial charge in [-0.1, -0.05) is 30.3 Å². The third kappa shape index (κ3) is 2.68. The van der Waals surface area contributed by atoms with Crippen LogP contribution in [0.15, 0.2) is 35.4 Å². The first-order valence-electron chi connectivity index (χ1n) is 9.67. The topological polar surface area (TPSA) is 41.5 Å². The third-order valence-corrected chi connectivity index (χ3v) is 6.87. The second-order valence-corrected chi connectivity index (χ2v) is 8.62. The van der Waals surface area contributed by atoms with Gasteiger partial charge >= 0.3 is 0 Å². The molecule has 0 aromatic heterocycles. The lowest BCUT2D eigenvalue weighted by atomic mass is 9.68. The Balaban J connectivity index is 1.24. The van der Waals surface area contributed by atoms with E-state index >= 15 is 0 Å². The number of carbonyl (C=O) groups excluding carboxylic acids is 1. The summed E-state index contributed by atoms with van der Waals surface area (Å²) in [5.41, 5.74) is 5.52. The summed E-state index contributed by atoms with van der Waals surface area (Å²) in [6.45, 7) is 0. The quantitative estimate of drug-likeness (QED) is 0.836. The van der Waals surface area contributed by atoms with E-state index in [2.05, 4.69) is 34.8 Å². The van der Waals surface area contributed by atoms with E-state index in [0.29, 0.717) is 11.8 Å².